The first kappa shape index (κ1) is 15.5. The third-order valence-corrected chi connectivity index (χ3v) is 4.08. The average Bonchev–Trinajstić information content (AvgIpc) is 3.06. The van der Waals surface area contributed by atoms with Crippen molar-refractivity contribution < 1.29 is 14.3 Å². The minimum absolute atomic E-state index is 0.0725. The van der Waals surface area contributed by atoms with Crippen molar-refractivity contribution in [2.45, 2.75) is 24.8 Å². The maximum atomic E-state index is 12.6. The first-order valence-electron chi connectivity index (χ1n) is 7.03. The fraction of sp³-hybridized carbons (Fsp3) is 0.643. The molecule has 2 rings (SSSR count). The Morgan fingerprint density at radius 2 is 2.29 bits per heavy atom. The van der Waals surface area contributed by atoms with Crippen molar-refractivity contribution in [2.24, 2.45) is 7.05 Å². The van der Waals surface area contributed by atoms with E-state index in [9.17, 15) is 9.59 Å². The molecule has 21 heavy (non-hydrogen) atoms. The van der Waals surface area contributed by atoms with Crippen LogP contribution < -0.4 is 5.32 Å². The van der Waals surface area contributed by atoms with E-state index in [4.69, 9.17) is 4.74 Å². The van der Waals surface area contributed by atoms with Gasteiger partial charge in [0.05, 0.1) is 13.0 Å². The normalized spacial score (nSPS) is 21.6. The lowest BCUT2D eigenvalue weighted by Gasteiger charge is -2.36. The minimum Gasteiger partial charge on any atom is -0.382 e. The van der Waals surface area contributed by atoms with Crippen molar-refractivity contribution in [2.75, 3.05) is 27.3 Å². The van der Waals surface area contributed by atoms with Gasteiger partial charge in [-0.15, -0.1) is 0 Å². The number of methoxy groups -OCH3 is 1. The van der Waals surface area contributed by atoms with Crippen LogP contribution in [0.5, 0.6) is 0 Å². The molecule has 1 saturated heterocycles. The highest BCUT2D eigenvalue weighted by Crippen LogP contribution is 2.30. The van der Waals surface area contributed by atoms with E-state index in [0.29, 0.717) is 13.0 Å². The molecule has 1 N–H and O–H groups in total. The van der Waals surface area contributed by atoms with Crippen molar-refractivity contribution in [3.05, 3.63) is 18.0 Å². The number of aromatic nitrogens is 2. The summed E-state index contributed by atoms with van der Waals surface area (Å²) in [7, 11) is 4.93. The number of amides is 2. The summed E-state index contributed by atoms with van der Waals surface area (Å²) in [6.45, 7) is 0.789. The van der Waals surface area contributed by atoms with Crippen molar-refractivity contribution in [1.29, 1.82) is 0 Å². The molecule has 1 fully saturated rings. The van der Waals surface area contributed by atoms with Crippen molar-refractivity contribution in [3.63, 3.8) is 0 Å². The number of carbonyl (C=O) groups excluding carboxylic acids is 2. The highest BCUT2D eigenvalue weighted by molar-refractivity contribution is 5.92. The van der Waals surface area contributed by atoms with Gasteiger partial charge < -0.3 is 15.0 Å². The van der Waals surface area contributed by atoms with Crippen molar-refractivity contribution in [1.82, 2.24) is 20.0 Å². The number of hydrogen-bond donors (Lipinski definition) is 1. The molecule has 7 heteroatoms. The van der Waals surface area contributed by atoms with Gasteiger partial charge >= 0.3 is 0 Å². The third-order valence-electron chi connectivity index (χ3n) is 4.08. The molecule has 7 nitrogen and oxygen atoms in total. The Kier molecular flexibility index (Phi) is 4.62. The molecular weight excluding hydrogens is 272 g/mol. The lowest BCUT2D eigenvalue weighted by molar-refractivity contribution is -0.147. The standard InChI is InChI=1S/C14H22N4O3/c1-15-13(20)14(10-21-3)6-4-8-18(14)12(19)9-11-5-7-16-17(11)2/h5,7H,4,6,8-10H2,1-3H3,(H,15,20). The second kappa shape index (κ2) is 6.26. The summed E-state index contributed by atoms with van der Waals surface area (Å²) in [5.41, 5.74) is -0.0609. The smallest absolute Gasteiger partial charge is 0.248 e. The molecule has 2 amide bonds. The molecule has 1 aromatic rings. The van der Waals surface area contributed by atoms with Gasteiger partial charge in [-0.05, 0) is 18.9 Å². The lowest BCUT2D eigenvalue weighted by atomic mass is 9.95. The zero-order valence-electron chi connectivity index (χ0n) is 12.8. The Balaban J connectivity index is 2.21. The molecule has 1 atom stereocenters. The van der Waals surface area contributed by atoms with Crippen LogP contribution in [0.4, 0.5) is 0 Å². The van der Waals surface area contributed by atoms with E-state index >= 15 is 0 Å². The minimum atomic E-state index is -0.890. The Bertz CT molecular complexity index is 528. The number of likely N-dealkylation sites (tertiary alicyclic amines) is 1. The van der Waals surface area contributed by atoms with Crippen LogP contribution in [-0.2, 0) is 27.8 Å². The molecule has 0 saturated carbocycles. The van der Waals surface area contributed by atoms with E-state index < -0.39 is 5.54 Å². The SMILES string of the molecule is CNC(=O)C1(COC)CCCN1C(=O)Cc1ccnn1C. The molecular formula is C14H22N4O3. The van der Waals surface area contributed by atoms with Crippen LogP contribution in [0.3, 0.4) is 0 Å². The van der Waals surface area contributed by atoms with Gasteiger partial charge in [-0.2, -0.15) is 5.10 Å². The van der Waals surface area contributed by atoms with Gasteiger partial charge in [0, 0.05) is 39.6 Å². The van der Waals surface area contributed by atoms with Crippen molar-refractivity contribution >= 4 is 11.8 Å². The molecule has 2 heterocycles. The highest BCUT2D eigenvalue weighted by atomic mass is 16.5. The van der Waals surface area contributed by atoms with E-state index in [1.54, 1.807) is 37.0 Å². The van der Waals surface area contributed by atoms with Crippen LogP contribution in [0.2, 0.25) is 0 Å². The first-order valence-corrected chi connectivity index (χ1v) is 7.03. The predicted octanol–water partition coefficient (Wildman–Crippen LogP) is -0.284. The molecule has 0 aromatic carbocycles. The molecule has 0 spiro atoms. The van der Waals surface area contributed by atoms with Crippen LogP contribution in [-0.4, -0.2) is 59.3 Å². The van der Waals surface area contributed by atoms with Gasteiger partial charge in [-0.1, -0.05) is 0 Å². The van der Waals surface area contributed by atoms with E-state index in [1.807, 2.05) is 6.07 Å². The number of nitrogens with one attached hydrogen (secondary N) is 1. The zero-order valence-corrected chi connectivity index (χ0v) is 12.8. The zero-order chi connectivity index (χ0) is 15.5. The molecule has 0 radical (unpaired) electrons. The molecule has 1 aromatic heterocycles. The topological polar surface area (TPSA) is 76.5 Å². The second-order valence-corrected chi connectivity index (χ2v) is 5.32. The average molecular weight is 294 g/mol. The summed E-state index contributed by atoms with van der Waals surface area (Å²) >= 11 is 0. The van der Waals surface area contributed by atoms with Gasteiger partial charge in [-0.3, -0.25) is 14.3 Å². The van der Waals surface area contributed by atoms with Gasteiger partial charge in [0.25, 0.3) is 0 Å². The quantitative estimate of drug-likeness (QED) is 0.810. The van der Waals surface area contributed by atoms with Crippen LogP contribution in [0, 0.1) is 0 Å². The Morgan fingerprint density at radius 1 is 1.52 bits per heavy atom. The maximum Gasteiger partial charge on any atom is 0.248 e. The Labute approximate surface area is 124 Å². The first-order chi connectivity index (χ1) is 10.0. The second-order valence-electron chi connectivity index (χ2n) is 5.32. The summed E-state index contributed by atoms with van der Waals surface area (Å²) in [6.07, 6.45) is 3.32. The monoisotopic (exact) mass is 294 g/mol. The summed E-state index contributed by atoms with van der Waals surface area (Å²) < 4.78 is 6.89. The van der Waals surface area contributed by atoms with Crippen molar-refractivity contribution in [3.8, 4) is 0 Å². The Hall–Kier alpha value is -1.89. The number of ether oxygens (including phenoxy) is 1. The van der Waals surface area contributed by atoms with E-state index in [2.05, 4.69) is 10.4 Å². The van der Waals surface area contributed by atoms with Crippen LogP contribution in [0.25, 0.3) is 0 Å². The fourth-order valence-corrected chi connectivity index (χ4v) is 2.99. The summed E-state index contributed by atoms with van der Waals surface area (Å²) in [4.78, 5) is 26.6. The lowest BCUT2D eigenvalue weighted by Crippen LogP contribution is -2.59. The molecule has 1 unspecified atom stereocenters. The fourth-order valence-electron chi connectivity index (χ4n) is 2.99. The summed E-state index contributed by atoms with van der Waals surface area (Å²) in [6, 6.07) is 1.81. The summed E-state index contributed by atoms with van der Waals surface area (Å²) in [5.74, 6) is -0.239. The number of nitrogens with zero attached hydrogens (tertiary/aromatic N) is 3. The summed E-state index contributed by atoms with van der Waals surface area (Å²) in [5, 5.41) is 6.72. The number of likely N-dealkylation sites (N-methyl/N-ethyl adjacent to an activating group) is 1. The van der Waals surface area contributed by atoms with Gasteiger partial charge in [0.2, 0.25) is 11.8 Å². The van der Waals surface area contributed by atoms with Gasteiger partial charge in [-0.25, -0.2) is 0 Å². The number of aryl methyl sites for hydroxylation is 1. The van der Waals surface area contributed by atoms with E-state index in [0.717, 1.165) is 12.1 Å². The van der Waals surface area contributed by atoms with Gasteiger partial charge in [0.15, 0.2) is 0 Å². The third kappa shape index (κ3) is 2.78. The van der Waals surface area contributed by atoms with Crippen LogP contribution in [0.1, 0.15) is 18.5 Å². The number of carbonyl (C=O) groups is 2. The number of hydrogen-bond acceptors (Lipinski definition) is 4. The Morgan fingerprint density at radius 3 is 2.86 bits per heavy atom. The number of rotatable bonds is 5. The molecule has 1 aliphatic rings. The van der Waals surface area contributed by atoms with E-state index in [-0.39, 0.29) is 24.8 Å². The van der Waals surface area contributed by atoms with E-state index in [1.165, 1.54) is 0 Å². The van der Waals surface area contributed by atoms with Crippen LogP contribution in [0.15, 0.2) is 12.3 Å². The predicted molar refractivity (Wildman–Crippen MR) is 76.5 cm³/mol. The molecule has 1 aliphatic heterocycles. The largest absolute Gasteiger partial charge is 0.382 e. The highest BCUT2D eigenvalue weighted by Gasteiger charge is 2.49. The molecule has 0 bridgehead atoms. The van der Waals surface area contributed by atoms with Gasteiger partial charge in [0.1, 0.15) is 5.54 Å². The molecule has 116 valence electrons. The maximum absolute atomic E-state index is 12.6. The van der Waals surface area contributed by atoms with Crippen LogP contribution >= 0.6 is 0 Å². The molecule has 0 aliphatic carbocycles.